The Labute approximate surface area is 119 Å². The quantitative estimate of drug-likeness (QED) is 0.867. The van der Waals surface area contributed by atoms with Crippen molar-refractivity contribution in [3.8, 4) is 0 Å². The number of halogens is 3. The molecule has 1 atom stereocenters. The van der Waals surface area contributed by atoms with Crippen LogP contribution in [0.4, 0.5) is 18.9 Å². The van der Waals surface area contributed by atoms with Crippen molar-refractivity contribution < 1.29 is 13.2 Å². The van der Waals surface area contributed by atoms with Crippen molar-refractivity contribution in [1.29, 1.82) is 0 Å². The van der Waals surface area contributed by atoms with Crippen LogP contribution in [-0.4, -0.2) is 4.98 Å². The van der Waals surface area contributed by atoms with E-state index in [9.17, 15) is 13.2 Å². The summed E-state index contributed by atoms with van der Waals surface area (Å²) in [7, 11) is 0. The van der Waals surface area contributed by atoms with Crippen LogP contribution in [0, 0.1) is 13.8 Å². The number of anilines is 1. The molecule has 2 aromatic rings. The fourth-order valence-electron chi connectivity index (χ4n) is 1.92. The fourth-order valence-corrected chi connectivity index (χ4v) is 2.63. The van der Waals surface area contributed by atoms with Crippen molar-refractivity contribution in [3.63, 3.8) is 0 Å². The van der Waals surface area contributed by atoms with Gasteiger partial charge in [0.25, 0.3) is 0 Å². The van der Waals surface area contributed by atoms with E-state index in [-0.39, 0.29) is 11.6 Å². The molecule has 1 aromatic carbocycles. The molecule has 0 fully saturated rings. The molecule has 6 heteroatoms. The van der Waals surface area contributed by atoms with Crippen LogP contribution in [0.1, 0.15) is 34.8 Å². The zero-order chi connectivity index (χ0) is 14.9. The number of nitrogens with one attached hydrogen (secondary N) is 1. The van der Waals surface area contributed by atoms with E-state index in [1.54, 1.807) is 6.07 Å². The second-order valence-corrected chi connectivity index (χ2v) is 5.75. The fraction of sp³-hybridized carbons (Fsp3) is 0.357. The maximum atomic E-state index is 12.9. The van der Waals surface area contributed by atoms with Gasteiger partial charge in [0.2, 0.25) is 0 Å². The highest BCUT2D eigenvalue weighted by atomic mass is 32.1. The minimum absolute atomic E-state index is 0.135. The van der Waals surface area contributed by atoms with Crippen LogP contribution in [-0.2, 0) is 6.18 Å². The van der Waals surface area contributed by atoms with Crippen LogP contribution >= 0.6 is 11.3 Å². The topological polar surface area (TPSA) is 24.9 Å². The SMILES string of the molecule is Cc1nc(C(C)Nc2ccc(C)c(C(F)(F)F)c2)cs1. The predicted molar refractivity (Wildman–Crippen MR) is 75.1 cm³/mol. The number of nitrogens with zero attached hydrogens (tertiary/aromatic N) is 1. The maximum Gasteiger partial charge on any atom is 0.416 e. The molecular formula is C14H15F3N2S. The summed E-state index contributed by atoms with van der Waals surface area (Å²) in [6.45, 7) is 5.23. The normalized spacial score (nSPS) is 13.3. The number of alkyl halides is 3. The third-order valence-electron chi connectivity index (χ3n) is 3.01. The summed E-state index contributed by atoms with van der Waals surface area (Å²) < 4.78 is 38.6. The summed E-state index contributed by atoms with van der Waals surface area (Å²) in [6, 6.07) is 4.14. The molecule has 0 aliphatic heterocycles. The van der Waals surface area contributed by atoms with Gasteiger partial charge in [-0.25, -0.2) is 4.98 Å². The van der Waals surface area contributed by atoms with Gasteiger partial charge in [0.05, 0.1) is 22.3 Å². The van der Waals surface area contributed by atoms with Crippen molar-refractivity contribution >= 4 is 17.0 Å². The summed E-state index contributed by atoms with van der Waals surface area (Å²) >= 11 is 1.52. The molecule has 1 heterocycles. The molecule has 1 N–H and O–H groups in total. The van der Waals surface area contributed by atoms with Gasteiger partial charge in [-0.1, -0.05) is 6.07 Å². The standard InChI is InChI=1S/C14H15F3N2S/c1-8-4-5-11(6-12(8)14(15,16)17)18-9(2)13-7-20-10(3)19-13/h4-7,9,18H,1-3H3. The van der Waals surface area contributed by atoms with Gasteiger partial charge in [-0.05, 0) is 38.5 Å². The van der Waals surface area contributed by atoms with Crippen LogP contribution in [0.3, 0.4) is 0 Å². The molecule has 0 amide bonds. The zero-order valence-corrected chi connectivity index (χ0v) is 12.2. The first-order chi connectivity index (χ1) is 9.27. The predicted octanol–water partition coefficient (Wildman–Crippen LogP) is 4.95. The zero-order valence-electron chi connectivity index (χ0n) is 11.4. The van der Waals surface area contributed by atoms with E-state index >= 15 is 0 Å². The molecule has 0 spiro atoms. The monoisotopic (exact) mass is 300 g/mol. The molecule has 1 unspecified atom stereocenters. The molecule has 1 aromatic heterocycles. The van der Waals surface area contributed by atoms with E-state index in [0.29, 0.717) is 5.69 Å². The lowest BCUT2D eigenvalue weighted by Gasteiger charge is -2.16. The van der Waals surface area contributed by atoms with Crippen molar-refractivity contribution in [2.75, 3.05) is 5.32 Å². The first-order valence-electron chi connectivity index (χ1n) is 6.14. The van der Waals surface area contributed by atoms with E-state index in [1.807, 2.05) is 19.2 Å². The Morgan fingerprint density at radius 1 is 1.25 bits per heavy atom. The van der Waals surface area contributed by atoms with Crippen LogP contribution in [0.15, 0.2) is 23.6 Å². The van der Waals surface area contributed by atoms with E-state index in [0.717, 1.165) is 16.8 Å². The first kappa shape index (κ1) is 14.8. The number of hydrogen-bond acceptors (Lipinski definition) is 3. The Hall–Kier alpha value is -1.56. The Morgan fingerprint density at radius 3 is 2.50 bits per heavy atom. The van der Waals surface area contributed by atoms with Gasteiger partial charge in [0.15, 0.2) is 0 Å². The van der Waals surface area contributed by atoms with Crippen LogP contribution in [0.5, 0.6) is 0 Å². The van der Waals surface area contributed by atoms with E-state index in [4.69, 9.17) is 0 Å². The van der Waals surface area contributed by atoms with Gasteiger partial charge in [-0.3, -0.25) is 0 Å². The minimum Gasteiger partial charge on any atom is -0.377 e. The van der Waals surface area contributed by atoms with Gasteiger partial charge in [0.1, 0.15) is 0 Å². The average molecular weight is 300 g/mol. The number of rotatable bonds is 3. The molecule has 0 saturated heterocycles. The maximum absolute atomic E-state index is 12.9. The van der Waals surface area contributed by atoms with E-state index in [1.165, 1.54) is 24.3 Å². The number of hydrogen-bond donors (Lipinski definition) is 1. The molecule has 0 bridgehead atoms. The number of aromatic nitrogens is 1. The smallest absolute Gasteiger partial charge is 0.377 e. The summed E-state index contributed by atoms with van der Waals surface area (Å²) in [4.78, 5) is 4.33. The molecule has 2 rings (SSSR count). The van der Waals surface area contributed by atoms with Gasteiger partial charge in [0, 0.05) is 11.1 Å². The number of thiazole rings is 1. The number of aryl methyl sites for hydroxylation is 2. The molecule has 108 valence electrons. The van der Waals surface area contributed by atoms with Gasteiger partial charge >= 0.3 is 6.18 Å². The molecule has 0 aliphatic rings. The van der Waals surface area contributed by atoms with E-state index < -0.39 is 11.7 Å². The third-order valence-corrected chi connectivity index (χ3v) is 3.80. The lowest BCUT2D eigenvalue weighted by Crippen LogP contribution is -2.11. The van der Waals surface area contributed by atoms with Gasteiger partial charge in [-0.2, -0.15) is 13.2 Å². The van der Waals surface area contributed by atoms with Crippen molar-refractivity contribution in [1.82, 2.24) is 4.98 Å². The Bertz CT molecular complexity index is 605. The van der Waals surface area contributed by atoms with Crippen molar-refractivity contribution in [2.24, 2.45) is 0 Å². The average Bonchev–Trinajstić information content (AvgIpc) is 2.77. The minimum atomic E-state index is -4.33. The molecule has 0 saturated carbocycles. The lowest BCUT2D eigenvalue weighted by molar-refractivity contribution is -0.138. The lowest BCUT2D eigenvalue weighted by atomic mass is 10.1. The molecule has 0 aliphatic carbocycles. The van der Waals surface area contributed by atoms with Crippen LogP contribution in [0.25, 0.3) is 0 Å². The molecule has 20 heavy (non-hydrogen) atoms. The summed E-state index contributed by atoms with van der Waals surface area (Å²) in [5.74, 6) is 0. The van der Waals surface area contributed by atoms with Gasteiger partial charge < -0.3 is 5.32 Å². The molecule has 0 radical (unpaired) electrons. The van der Waals surface area contributed by atoms with Crippen LogP contribution in [0.2, 0.25) is 0 Å². The Kier molecular flexibility index (Phi) is 4.04. The molecular weight excluding hydrogens is 285 g/mol. The van der Waals surface area contributed by atoms with E-state index in [2.05, 4.69) is 10.3 Å². The van der Waals surface area contributed by atoms with Crippen molar-refractivity contribution in [2.45, 2.75) is 33.0 Å². The Balaban J connectivity index is 2.22. The number of benzene rings is 1. The highest BCUT2D eigenvalue weighted by molar-refractivity contribution is 7.09. The summed E-state index contributed by atoms with van der Waals surface area (Å²) in [5.41, 5.74) is 0.895. The second kappa shape index (κ2) is 5.44. The largest absolute Gasteiger partial charge is 0.416 e. The summed E-state index contributed by atoms with van der Waals surface area (Å²) in [5, 5.41) is 5.90. The van der Waals surface area contributed by atoms with Crippen molar-refractivity contribution in [3.05, 3.63) is 45.4 Å². The molecule has 2 nitrogen and oxygen atoms in total. The highest BCUT2D eigenvalue weighted by Gasteiger charge is 2.32. The second-order valence-electron chi connectivity index (χ2n) is 4.68. The van der Waals surface area contributed by atoms with Crippen LogP contribution < -0.4 is 5.32 Å². The third kappa shape index (κ3) is 3.30. The Morgan fingerprint density at radius 2 is 1.95 bits per heavy atom. The highest BCUT2D eigenvalue weighted by Crippen LogP contribution is 2.34. The van der Waals surface area contributed by atoms with Gasteiger partial charge in [-0.15, -0.1) is 11.3 Å². The summed E-state index contributed by atoms with van der Waals surface area (Å²) in [6.07, 6.45) is -4.33. The first-order valence-corrected chi connectivity index (χ1v) is 7.02.